The van der Waals surface area contributed by atoms with E-state index in [4.69, 9.17) is 10.5 Å². The van der Waals surface area contributed by atoms with Gasteiger partial charge in [0.25, 0.3) is 0 Å². The Bertz CT molecular complexity index is 1300. The Kier molecular flexibility index (Phi) is 9.20. The number of H-pyrrole nitrogens is 1. The average Bonchev–Trinajstić information content (AvgIpc) is 3.17. The lowest BCUT2D eigenvalue weighted by Crippen LogP contribution is -2.19. The fourth-order valence-corrected chi connectivity index (χ4v) is 3.25. The third-order valence-electron chi connectivity index (χ3n) is 4.95. The number of ether oxygens (including phenoxy) is 1. The van der Waals surface area contributed by atoms with Crippen LogP contribution < -0.4 is 16.3 Å². The molecule has 178 valence electrons. The number of imidazole rings is 1. The number of nitrogens with one attached hydrogen (secondary N) is 1. The number of aromatic amines is 1. The molecule has 3 aromatic rings. The van der Waals surface area contributed by atoms with E-state index in [0.717, 1.165) is 11.3 Å². The van der Waals surface area contributed by atoms with Crippen LogP contribution in [-0.4, -0.2) is 33.7 Å². The summed E-state index contributed by atoms with van der Waals surface area (Å²) in [4.78, 5) is 26.1. The van der Waals surface area contributed by atoms with E-state index in [9.17, 15) is 10.1 Å². The van der Waals surface area contributed by atoms with Gasteiger partial charge in [-0.2, -0.15) is 10.2 Å². The maximum Gasteiger partial charge on any atom is 0.328 e. The summed E-state index contributed by atoms with van der Waals surface area (Å²) in [6, 6.07) is 7.07. The van der Waals surface area contributed by atoms with Crippen molar-refractivity contribution in [1.82, 2.24) is 19.5 Å². The molecule has 0 aliphatic carbocycles. The third kappa shape index (κ3) is 5.72. The summed E-state index contributed by atoms with van der Waals surface area (Å²) < 4.78 is 6.89. The Morgan fingerprint density at radius 1 is 1.41 bits per heavy atom. The molecule has 9 nitrogen and oxygen atoms in total. The molecule has 0 atom stereocenters. The van der Waals surface area contributed by atoms with Gasteiger partial charge in [-0.1, -0.05) is 39.5 Å². The van der Waals surface area contributed by atoms with Crippen molar-refractivity contribution in [3.8, 4) is 6.07 Å². The zero-order valence-electron chi connectivity index (χ0n) is 20.3. The number of benzene rings is 1. The SMILES string of the molecule is C=C/C=C(\C=C(/CC)OC)Cn1c(=O)[nH]c2cnc(N(C)c3cc(C#N)ccc3N)nc21.CC. The molecule has 3 N–H and O–H groups in total. The Morgan fingerprint density at radius 2 is 2.15 bits per heavy atom. The molecular formula is C25H31N7O2. The molecule has 0 spiro atoms. The van der Waals surface area contributed by atoms with Crippen LogP contribution in [0.15, 0.2) is 65.3 Å². The monoisotopic (exact) mass is 461 g/mol. The summed E-state index contributed by atoms with van der Waals surface area (Å²) in [5.41, 5.74) is 9.12. The highest BCUT2D eigenvalue weighted by molar-refractivity contribution is 5.76. The molecule has 0 saturated carbocycles. The van der Waals surface area contributed by atoms with Crippen LogP contribution in [0.2, 0.25) is 0 Å². The normalized spacial score (nSPS) is 11.4. The number of rotatable bonds is 8. The highest BCUT2D eigenvalue weighted by atomic mass is 16.5. The van der Waals surface area contributed by atoms with Gasteiger partial charge >= 0.3 is 5.69 Å². The summed E-state index contributed by atoms with van der Waals surface area (Å²) in [6.45, 7) is 10.0. The fraction of sp³-hybridized carbons (Fsp3) is 0.280. The fourth-order valence-electron chi connectivity index (χ4n) is 3.25. The van der Waals surface area contributed by atoms with Gasteiger partial charge in [0.2, 0.25) is 5.95 Å². The summed E-state index contributed by atoms with van der Waals surface area (Å²) in [6.07, 6.45) is 7.63. The average molecular weight is 462 g/mol. The largest absolute Gasteiger partial charge is 0.501 e. The smallest absolute Gasteiger partial charge is 0.328 e. The number of fused-ring (bicyclic) bond motifs is 1. The molecule has 2 heterocycles. The highest BCUT2D eigenvalue weighted by Crippen LogP contribution is 2.28. The van der Waals surface area contributed by atoms with Crippen LogP contribution in [0.1, 0.15) is 32.8 Å². The van der Waals surface area contributed by atoms with Gasteiger partial charge in [0.1, 0.15) is 5.52 Å². The number of hydrogen-bond acceptors (Lipinski definition) is 7. The number of nitrogen functional groups attached to an aromatic ring is 1. The molecule has 0 aliphatic heterocycles. The summed E-state index contributed by atoms with van der Waals surface area (Å²) in [5.74, 6) is 1.12. The van der Waals surface area contributed by atoms with Crippen LogP contribution in [0.3, 0.4) is 0 Å². The first-order chi connectivity index (χ1) is 16.4. The van der Waals surface area contributed by atoms with E-state index in [1.165, 1.54) is 4.57 Å². The number of nitriles is 1. The van der Waals surface area contributed by atoms with Gasteiger partial charge < -0.3 is 20.4 Å². The van der Waals surface area contributed by atoms with E-state index >= 15 is 0 Å². The number of methoxy groups -OCH3 is 1. The molecule has 0 unspecified atom stereocenters. The van der Waals surface area contributed by atoms with E-state index < -0.39 is 0 Å². The zero-order chi connectivity index (χ0) is 25.3. The second-order valence-electron chi connectivity index (χ2n) is 7.01. The standard InChI is InChI=1S/C23H25N7O2.C2H6/c1-5-7-16(10-17(6-2)32-4)14-30-21-19(27-23(30)31)13-26-22(28-21)29(3)20-11-15(12-24)8-9-18(20)25;1-2/h5,7-11,13H,1,6,14,25H2,2-4H3,(H,27,31);1-2H3/b16-7+,17-10+;. The van der Waals surface area contributed by atoms with Gasteiger partial charge in [0.05, 0.1) is 48.6 Å². The van der Waals surface area contributed by atoms with Gasteiger partial charge in [-0.15, -0.1) is 0 Å². The van der Waals surface area contributed by atoms with Crippen molar-refractivity contribution >= 4 is 28.5 Å². The maximum absolute atomic E-state index is 12.7. The Morgan fingerprint density at radius 3 is 2.76 bits per heavy atom. The number of allylic oxidation sites excluding steroid dienone is 5. The number of nitrogens with two attached hydrogens (primary N) is 1. The second kappa shape index (κ2) is 12.1. The van der Waals surface area contributed by atoms with Crippen molar-refractivity contribution in [2.75, 3.05) is 24.8 Å². The molecule has 3 rings (SSSR count). The Hall–Kier alpha value is -4.32. The van der Waals surface area contributed by atoms with E-state index in [0.29, 0.717) is 40.5 Å². The molecule has 2 aromatic heterocycles. The minimum atomic E-state index is -0.307. The molecular weight excluding hydrogens is 430 g/mol. The second-order valence-corrected chi connectivity index (χ2v) is 7.01. The molecule has 0 fully saturated rings. The van der Waals surface area contributed by atoms with Crippen molar-refractivity contribution < 1.29 is 4.74 Å². The number of hydrogen-bond donors (Lipinski definition) is 2. The molecule has 0 saturated heterocycles. The molecule has 0 radical (unpaired) electrons. The predicted molar refractivity (Wildman–Crippen MR) is 137 cm³/mol. The molecule has 0 aliphatic rings. The van der Waals surface area contributed by atoms with Crippen molar-refractivity contribution in [2.45, 2.75) is 33.7 Å². The molecule has 0 bridgehead atoms. The lowest BCUT2D eigenvalue weighted by molar-refractivity contribution is 0.280. The van der Waals surface area contributed by atoms with E-state index in [2.05, 4.69) is 27.6 Å². The number of nitrogens with zero attached hydrogens (tertiary/aromatic N) is 5. The van der Waals surface area contributed by atoms with Gasteiger partial charge in [-0.25, -0.2) is 9.78 Å². The minimum absolute atomic E-state index is 0.268. The van der Waals surface area contributed by atoms with Crippen molar-refractivity contribution in [3.05, 3.63) is 76.6 Å². The van der Waals surface area contributed by atoms with E-state index in [-0.39, 0.29) is 12.2 Å². The first kappa shape index (κ1) is 25.9. The van der Waals surface area contributed by atoms with E-state index in [1.807, 2.05) is 32.9 Å². The van der Waals surface area contributed by atoms with Crippen molar-refractivity contribution in [2.24, 2.45) is 0 Å². The summed E-state index contributed by atoms with van der Waals surface area (Å²) >= 11 is 0. The first-order valence-electron chi connectivity index (χ1n) is 11.0. The van der Waals surface area contributed by atoms with Crippen LogP contribution in [0.4, 0.5) is 17.3 Å². The lowest BCUT2D eigenvalue weighted by atomic mass is 10.2. The Balaban J connectivity index is 0.00000199. The van der Waals surface area contributed by atoms with Crippen LogP contribution in [-0.2, 0) is 11.3 Å². The summed E-state index contributed by atoms with van der Waals surface area (Å²) in [5, 5.41) is 9.20. The van der Waals surface area contributed by atoms with Gasteiger partial charge in [0.15, 0.2) is 5.65 Å². The van der Waals surface area contributed by atoms with Crippen LogP contribution in [0.25, 0.3) is 11.2 Å². The molecule has 1 aromatic carbocycles. The lowest BCUT2D eigenvalue weighted by Gasteiger charge is -2.19. The van der Waals surface area contributed by atoms with Crippen LogP contribution in [0, 0.1) is 11.3 Å². The first-order valence-corrected chi connectivity index (χ1v) is 11.0. The van der Waals surface area contributed by atoms with Gasteiger partial charge in [-0.05, 0) is 29.8 Å². The van der Waals surface area contributed by atoms with Gasteiger partial charge in [0, 0.05) is 13.5 Å². The van der Waals surface area contributed by atoms with Crippen molar-refractivity contribution in [3.63, 3.8) is 0 Å². The van der Waals surface area contributed by atoms with Crippen LogP contribution >= 0.6 is 0 Å². The Labute approximate surface area is 199 Å². The van der Waals surface area contributed by atoms with Gasteiger partial charge in [-0.3, -0.25) is 4.57 Å². The van der Waals surface area contributed by atoms with E-state index in [1.54, 1.807) is 49.5 Å². The van der Waals surface area contributed by atoms with Crippen molar-refractivity contribution in [1.29, 1.82) is 5.26 Å². The quantitative estimate of drug-likeness (QED) is 0.289. The topological polar surface area (TPSA) is 126 Å². The molecule has 9 heteroatoms. The number of aromatic nitrogens is 4. The summed E-state index contributed by atoms with van der Waals surface area (Å²) in [7, 11) is 3.36. The highest BCUT2D eigenvalue weighted by Gasteiger charge is 2.16. The zero-order valence-corrected chi connectivity index (χ0v) is 20.3. The van der Waals surface area contributed by atoms with Crippen LogP contribution in [0.5, 0.6) is 0 Å². The molecule has 34 heavy (non-hydrogen) atoms. The molecule has 0 amide bonds. The predicted octanol–water partition coefficient (Wildman–Crippen LogP) is 4.42. The number of anilines is 3. The third-order valence-corrected chi connectivity index (χ3v) is 4.95. The maximum atomic E-state index is 12.7. The minimum Gasteiger partial charge on any atom is -0.501 e.